The maximum absolute atomic E-state index is 5.03. The zero-order valence-electron chi connectivity index (χ0n) is 18.8. The van der Waals surface area contributed by atoms with Crippen LogP contribution in [0, 0.1) is 0 Å². The number of hydrogen-bond donors (Lipinski definition) is 0. The van der Waals surface area contributed by atoms with Crippen molar-refractivity contribution >= 4 is 38.6 Å². The lowest BCUT2D eigenvalue weighted by Gasteiger charge is -2.10. The minimum absolute atomic E-state index is 0.877. The van der Waals surface area contributed by atoms with Gasteiger partial charge < -0.3 is 0 Å². The summed E-state index contributed by atoms with van der Waals surface area (Å²) in [4.78, 5) is 14.5. The molecule has 3 aromatic carbocycles. The van der Waals surface area contributed by atoms with Gasteiger partial charge in [-0.2, -0.15) is 0 Å². The summed E-state index contributed by atoms with van der Waals surface area (Å²) in [6.07, 6.45) is 5.70. The van der Waals surface area contributed by atoms with E-state index in [0.717, 1.165) is 51.5 Å². The number of aromatic nitrogens is 4. The highest BCUT2D eigenvalue weighted by Crippen LogP contribution is 2.48. The Bertz CT molecular complexity index is 2070. The third-order valence-corrected chi connectivity index (χ3v) is 7.95. The first-order chi connectivity index (χ1) is 17.3. The van der Waals surface area contributed by atoms with Crippen molar-refractivity contribution in [2.75, 3.05) is 0 Å². The van der Waals surface area contributed by atoms with Crippen molar-refractivity contribution in [3.63, 3.8) is 0 Å². The van der Waals surface area contributed by atoms with Gasteiger partial charge in [-0.25, -0.2) is 9.97 Å². The maximum Gasteiger partial charge on any atom is 0.165 e. The SMILES string of the molecule is c1ccc2c(c1)Cc1c-2ccc2c1Cc1cc3c(cc1-2)c1ncccc1n1c2ncccc2nc31. The number of pyridine rings is 3. The topological polar surface area (TPSA) is 43.1 Å². The number of rotatable bonds is 0. The van der Waals surface area contributed by atoms with Gasteiger partial charge in [-0.3, -0.25) is 9.38 Å². The first-order valence-corrected chi connectivity index (χ1v) is 12.0. The van der Waals surface area contributed by atoms with E-state index in [-0.39, 0.29) is 0 Å². The minimum atomic E-state index is 0.877. The monoisotopic (exact) mass is 446 g/mol. The molecule has 0 N–H and O–H groups in total. The zero-order valence-corrected chi connectivity index (χ0v) is 18.8. The highest BCUT2D eigenvalue weighted by atomic mass is 15.1. The van der Waals surface area contributed by atoms with Crippen LogP contribution >= 0.6 is 0 Å². The van der Waals surface area contributed by atoms with Crippen molar-refractivity contribution in [2.45, 2.75) is 12.8 Å². The van der Waals surface area contributed by atoms with Gasteiger partial charge in [0.05, 0.1) is 11.0 Å². The van der Waals surface area contributed by atoms with E-state index in [1.54, 1.807) is 0 Å². The molecular formula is C31H18N4. The average molecular weight is 447 g/mol. The molecule has 4 aromatic heterocycles. The van der Waals surface area contributed by atoms with E-state index >= 15 is 0 Å². The Morgan fingerprint density at radius 2 is 1.40 bits per heavy atom. The van der Waals surface area contributed by atoms with Gasteiger partial charge in [-0.05, 0) is 93.7 Å². The molecule has 4 heterocycles. The normalized spacial score (nSPS) is 13.5. The van der Waals surface area contributed by atoms with Crippen LogP contribution in [0.25, 0.3) is 60.9 Å². The summed E-state index contributed by atoms with van der Waals surface area (Å²) in [7, 11) is 0. The molecule has 0 radical (unpaired) electrons. The van der Waals surface area contributed by atoms with Gasteiger partial charge in [0.2, 0.25) is 0 Å². The first kappa shape index (κ1) is 17.8. The molecule has 35 heavy (non-hydrogen) atoms. The molecule has 2 aliphatic rings. The molecule has 0 aliphatic heterocycles. The van der Waals surface area contributed by atoms with E-state index in [1.165, 1.54) is 44.5 Å². The predicted molar refractivity (Wildman–Crippen MR) is 140 cm³/mol. The molecule has 9 rings (SSSR count). The molecular weight excluding hydrogens is 428 g/mol. The molecule has 0 unspecified atom stereocenters. The van der Waals surface area contributed by atoms with E-state index in [0.29, 0.717) is 0 Å². The van der Waals surface area contributed by atoms with Gasteiger partial charge in [0, 0.05) is 23.2 Å². The highest BCUT2D eigenvalue weighted by Gasteiger charge is 2.29. The van der Waals surface area contributed by atoms with Crippen LogP contribution in [0.3, 0.4) is 0 Å². The summed E-state index contributed by atoms with van der Waals surface area (Å²) in [5.74, 6) is 0. The Balaban J connectivity index is 1.38. The van der Waals surface area contributed by atoms with Crippen LogP contribution in [0.4, 0.5) is 0 Å². The summed E-state index contributed by atoms with van der Waals surface area (Å²) in [6.45, 7) is 0. The maximum atomic E-state index is 5.03. The largest absolute Gasteiger partial charge is 0.274 e. The van der Waals surface area contributed by atoms with Crippen molar-refractivity contribution in [3.05, 3.63) is 107 Å². The Morgan fingerprint density at radius 1 is 0.600 bits per heavy atom. The van der Waals surface area contributed by atoms with Crippen LogP contribution in [0.5, 0.6) is 0 Å². The molecule has 0 atom stereocenters. The second kappa shape index (κ2) is 6.10. The van der Waals surface area contributed by atoms with E-state index in [2.05, 4.69) is 64.0 Å². The minimum Gasteiger partial charge on any atom is -0.274 e. The fraction of sp³-hybridized carbons (Fsp3) is 0.0645. The molecule has 4 heteroatoms. The molecule has 0 saturated carbocycles. The Kier molecular flexibility index (Phi) is 3.11. The second-order valence-corrected chi connectivity index (χ2v) is 9.67. The van der Waals surface area contributed by atoms with Crippen LogP contribution in [0.2, 0.25) is 0 Å². The van der Waals surface area contributed by atoms with Crippen LogP contribution in [-0.2, 0) is 12.8 Å². The van der Waals surface area contributed by atoms with Gasteiger partial charge >= 0.3 is 0 Å². The number of imidazole rings is 1. The molecule has 4 nitrogen and oxygen atoms in total. The quantitative estimate of drug-likeness (QED) is 0.243. The Hall–Kier alpha value is -4.57. The molecule has 162 valence electrons. The average Bonchev–Trinajstić information content (AvgIpc) is 3.59. The number of nitrogens with zero attached hydrogens (tertiary/aromatic N) is 4. The summed E-state index contributed by atoms with van der Waals surface area (Å²) in [5.41, 5.74) is 16.0. The predicted octanol–water partition coefficient (Wildman–Crippen LogP) is 6.73. The van der Waals surface area contributed by atoms with Gasteiger partial charge in [-0.1, -0.05) is 36.4 Å². The lowest BCUT2D eigenvalue weighted by Crippen LogP contribution is -1.95. The van der Waals surface area contributed by atoms with Gasteiger partial charge in [-0.15, -0.1) is 0 Å². The van der Waals surface area contributed by atoms with E-state index in [9.17, 15) is 0 Å². The van der Waals surface area contributed by atoms with Crippen molar-refractivity contribution in [1.29, 1.82) is 0 Å². The molecule has 2 aliphatic carbocycles. The van der Waals surface area contributed by atoms with Crippen LogP contribution in [-0.4, -0.2) is 19.4 Å². The first-order valence-electron chi connectivity index (χ1n) is 12.0. The second-order valence-electron chi connectivity index (χ2n) is 9.67. The fourth-order valence-corrected chi connectivity index (χ4v) is 6.45. The van der Waals surface area contributed by atoms with Gasteiger partial charge in [0.25, 0.3) is 0 Å². The van der Waals surface area contributed by atoms with E-state index in [4.69, 9.17) is 9.97 Å². The van der Waals surface area contributed by atoms with Crippen molar-refractivity contribution in [3.8, 4) is 22.3 Å². The van der Waals surface area contributed by atoms with Crippen molar-refractivity contribution < 1.29 is 0 Å². The highest BCUT2D eigenvalue weighted by molar-refractivity contribution is 6.14. The third-order valence-electron chi connectivity index (χ3n) is 7.95. The fourth-order valence-electron chi connectivity index (χ4n) is 6.45. The van der Waals surface area contributed by atoms with Crippen molar-refractivity contribution in [1.82, 2.24) is 19.4 Å². The molecule has 7 aromatic rings. The molecule has 0 fully saturated rings. The molecule has 0 bridgehead atoms. The van der Waals surface area contributed by atoms with Crippen molar-refractivity contribution in [2.24, 2.45) is 0 Å². The Labute approximate surface area is 200 Å². The van der Waals surface area contributed by atoms with Crippen LogP contribution in [0.1, 0.15) is 22.3 Å². The standard InChI is InChI=1S/C31H18N4/c1-2-6-19-17(5-1)13-23-20(19)9-10-21-22-16-25-26(15-18(22)14-24(21)23)30-34-27-7-3-12-33-31(27)35(30)28-8-4-11-32-29(25)28/h1-12,15-16H,13-14H2. The number of benzene rings is 3. The molecule has 0 saturated heterocycles. The number of fused-ring (bicyclic) bond motifs is 15. The van der Waals surface area contributed by atoms with E-state index < -0.39 is 0 Å². The number of hydrogen-bond acceptors (Lipinski definition) is 3. The van der Waals surface area contributed by atoms with Crippen LogP contribution < -0.4 is 0 Å². The molecule has 0 spiro atoms. The lowest BCUT2D eigenvalue weighted by molar-refractivity contribution is 1.16. The third kappa shape index (κ3) is 2.15. The van der Waals surface area contributed by atoms with Crippen LogP contribution in [0.15, 0.2) is 85.2 Å². The Morgan fingerprint density at radius 3 is 2.34 bits per heavy atom. The zero-order chi connectivity index (χ0) is 22.7. The molecule has 0 amide bonds. The van der Waals surface area contributed by atoms with Gasteiger partial charge in [0.15, 0.2) is 5.65 Å². The summed E-state index contributed by atoms with van der Waals surface area (Å²) in [5, 5.41) is 2.29. The summed E-state index contributed by atoms with van der Waals surface area (Å²) >= 11 is 0. The lowest BCUT2D eigenvalue weighted by atomic mass is 9.96. The summed E-state index contributed by atoms with van der Waals surface area (Å²) < 4.78 is 2.17. The van der Waals surface area contributed by atoms with Gasteiger partial charge in [0.1, 0.15) is 11.2 Å². The summed E-state index contributed by atoms with van der Waals surface area (Å²) in [6, 6.07) is 26.3. The van der Waals surface area contributed by atoms with E-state index in [1.807, 2.05) is 30.6 Å². The smallest absolute Gasteiger partial charge is 0.165 e.